The van der Waals surface area contributed by atoms with Crippen molar-refractivity contribution in [1.29, 1.82) is 0 Å². The number of nitrogens with zero attached hydrogens (tertiary/aromatic N) is 2. The van der Waals surface area contributed by atoms with Crippen molar-refractivity contribution in [1.82, 2.24) is 9.88 Å². The maximum Gasteiger partial charge on any atom is 0.251 e. The Morgan fingerprint density at radius 2 is 1.67 bits per heavy atom. The van der Waals surface area contributed by atoms with Crippen molar-refractivity contribution < 1.29 is 9.59 Å². The highest BCUT2D eigenvalue weighted by atomic mass is 32.2. The number of nitrogens with one attached hydrogen (secondary N) is 1. The molecule has 6 heteroatoms. The number of para-hydroxylation sites is 2. The van der Waals surface area contributed by atoms with E-state index >= 15 is 0 Å². The second-order valence-corrected chi connectivity index (χ2v) is 9.06. The zero-order chi connectivity index (χ0) is 22.6. The Morgan fingerprint density at radius 1 is 0.909 bits per heavy atom. The summed E-state index contributed by atoms with van der Waals surface area (Å²) >= 11 is 1.58. The largest absolute Gasteiger partial charge is 0.350 e. The molecule has 1 aliphatic heterocycles. The molecule has 4 aromatic rings. The molecule has 3 aromatic carbocycles. The van der Waals surface area contributed by atoms with E-state index in [1.54, 1.807) is 11.8 Å². The third-order valence-corrected chi connectivity index (χ3v) is 6.99. The van der Waals surface area contributed by atoms with Gasteiger partial charge in [0, 0.05) is 52.9 Å². The maximum absolute atomic E-state index is 13.0. The van der Waals surface area contributed by atoms with Gasteiger partial charge in [-0.2, -0.15) is 0 Å². The summed E-state index contributed by atoms with van der Waals surface area (Å²) in [6, 6.07) is 25.6. The van der Waals surface area contributed by atoms with Crippen LogP contribution in [0.15, 0.2) is 90.0 Å². The van der Waals surface area contributed by atoms with Gasteiger partial charge in [-0.05, 0) is 36.2 Å². The minimum atomic E-state index is -0.0712. The van der Waals surface area contributed by atoms with Crippen molar-refractivity contribution >= 4 is 40.2 Å². The second kappa shape index (κ2) is 9.55. The molecule has 1 aromatic heterocycles. The van der Waals surface area contributed by atoms with Crippen molar-refractivity contribution in [2.24, 2.45) is 0 Å². The number of carbonyl (C=O) groups is 2. The predicted octanol–water partition coefficient (Wildman–Crippen LogP) is 4.75. The van der Waals surface area contributed by atoms with Crippen molar-refractivity contribution in [3.8, 4) is 0 Å². The zero-order valence-electron chi connectivity index (χ0n) is 18.2. The van der Waals surface area contributed by atoms with Crippen LogP contribution in [0.3, 0.4) is 0 Å². The molecule has 0 saturated carbocycles. The fraction of sp³-hybridized carbons (Fsp3) is 0.185. The number of rotatable bonds is 7. The summed E-state index contributed by atoms with van der Waals surface area (Å²) in [5.74, 6) is 0.461. The van der Waals surface area contributed by atoms with Gasteiger partial charge >= 0.3 is 0 Å². The van der Waals surface area contributed by atoms with Crippen molar-refractivity contribution in [2.75, 3.05) is 23.7 Å². The molecule has 2 heterocycles. The van der Waals surface area contributed by atoms with Crippen molar-refractivity contribution in [3.63, 3.8) is 0 Å². The lowest BCUT2D eigenvalue weighted by molar-refractivity contribution is -0.116. The number of amides is 2. The smallest absolute Gasteiger partial charge is 0.251 e. The number of hydrogen-bond donors (Lipinski definition) is 1. The van der Waals surface area contributed by atoms with Gasteiger partial charge in [-0.3, -0.25) is 9.59 Å². The SMILES string of the molecule is O=C(NCCn1cc(SCC(=O)N2CCc3ccccc32)c2ccccc21)c1ccccc1. The van der Waals surface area contributed by atoms with Crippen LogP contribution >= 0.6 is 11.8 Å². The van der Waals surface area contributed by atoms with E-state index in [1.807, 2.05) is 65.6 Å². The van der Waals surface area contributed by atoms with Crippen LogP contribution in [0.1, 0.15) is 15.9 Å². The molecule has 2 amide bonds. The zero-order valence-corrected chi connectivity index (χ0v) is 19.1. The van der Waals surface area contributed by atoms with Gasteiger partial charge in [0.05, 0.1) is 5.75 Å². The van der Waals surface area contributed by atoms with E-state index in [1.165, 1.54) is 5.56 Å². The van der Waals surface area contributed by atoms with Crippen LogP contribution in [0, 0.1) is 0 Å². The van der Waals surface area contributed by atoms with Crippen LogP contribution in [0.25, 0.3) is 10.9 Å². The quantitative estimate of drug-likeness (QED) is 0.409. The molecule has 5 rings (SSSR count). The fourth-order valence-electron chi connectivity index (χ4n) is 4.31. The van der Waals surface area contributed by atoms with Gasteiger partial charge in [-0.1, -0.05) is 54.6 Å². The Kier molecular flexibility index (Phi) is 6.17. The van der Waals surface area contributed by atoms with Crippen molar-refractivity contribution in [3.05, 3.63) is 96.2 Å². The molecule has 0 atom stereocenters. The molecule has 0 spiro atoms. The highest BCUT2D eigenvalue weighted by Crippen LogP contribution is 2.32. The number of benzene rings is 3. The minimum absolute atomic E-state index is 0.0712. The minimum Gasteiger partial charge on any atom is -0.350 e. The topological polar surface area (TPSA) is 54.3 Å². The third kappa shape index (κ3) is 4.52. The van der Waals surface area contributed by atoms with E-state index in [9.17, 15) is 9.59 Å². The molecule has 1 aliphatic rings. The molecule has 1 N–H and O–H groups in total. The van der Waals surface area contributed by atoms with Crippen LogP contribution in [-0.2, 0) is 17.8 Å². The molecule has 0 radical (unpaired) electrons. The van der Waals surface area contributed by atoms with E-state index < -0.39 is 0 Å². The van der Waals surface area contributed by atoms with Crippen molar-refractivity contribution in [2.45, 2.75) is 17.9 Å². The van der Waals surface area contributed by atoms with Gasteiger partial charge in [0.25, 0.3) is 5.91 Å². The Bertz CT molecular complexity index is 1300. The van der Waals surface area contributed by atoms with Gasteiger partial charge in [-0.15, -0.1) is 11.8 Å². The third-order valence-electron chi connectivity index (χ3n) is 5.97. The van der Waals surface area contributed by atoms with E-state index in [0.717, 1.165) is 34.5 Å². The van der Waals surface area contributed by atoms with Crippen LogP contribution in [0.2, 0.25) is 0 Å². The highest BCUT2D eigenvalue weighted by Gasteiger charge is 2.24. The van der Waals surface area contributed by atoms with E-state index in [0.29, 0.717) is 24.4 Å². The summed E-state index contributed by atoms with van der Waals surface area (Å²) in [5.41, 5.74) is 4.05. The van der Waals surface area contributed by atoms with Gasteiger partial charge in [0.2, 0.25) is 5.91 Å². The fourth-order valence-corrected chi connectivity index (χ4v) is 5.27. The van der Waals surface area contributed by atoms with Crippen LogP contribution in [0.5, 0.6) is 0 Å². The monoisotopic (exact) mass is 455 g/mol. The lowest BCUT2D eigenvalue weighted by Gasteiger charge is -2.16. The normalized spacial score (nSPS) is 12.7. The predicted molar refractivity (Wildman–Crippen MR) is 134 cm³/mol. The van der Waals surface area contributed by atoms with E-state index in [2.05, 4.69) is 34.3 Å². The van der Waals surface area contributed by atoms with Crippen LogP contribution < -0.4 is 10.2 Å². The van der Waals surface area contributed by atoms with E-state index in [4.69, 9.17) is 0 Å². The van der Waals surface area contributed by atoms with Gasteiger partial charge in [0.15, 0.2) is 0 Å². The Labute approximate surface area is 197 Å². The standard InChI is InChI=1S/C27H25N3O2S/c31-26(30-16-14-20-8-4-6-12-23(20)30)19-33-25-18-29(24-13-7-5-11-22(24)25)17-15-28-27(32)21-9-2-1-3-10-21/h1-13,18H,14-17,19H2,(H,28,32). The van der Waals surface area contributed by atoms with Gasteiger partial charge in [-0.25, -0.2) is 0 Å². The Morgan fingerprint density at radius 3 is 2.55 bits per heavy atom. The first-order chi connectivity index (χ1) is 16.2. The summed E-state index contributed by atoms with van der Waals surface area (Å²) in [4.78, 5) is 28.3. The maximum atomic E-state index is 13.0. The Hall–Kier alpha value is -3.51. The molecule has 0 fully saturated rings. The van der Waals surface area contributed by atoms with Gasteiger partial charge < -0.3 is 14.8 Å². The molecule has 0 bridgehead atoms. The summed E-state index contributed by atoms with van der Waals surface area (Å²) in [6.45, 7) is 1.94. The summed E-state index contributed by atoms with van der Waals surface area (Å²) in [7, 11) is 0. The first-order valence-electron chi connectivity index (χ1n) is 11.1. The molecular weight excluding hydrogens is 430 g/mol. The molecular formula is C27H25N3O2S. The number of thioether (sulfide) groups is 1. The lowest BCUT2D eigenvalue weighted by Crippen LogP contribution is -2.30. The average Bonchev–Trinajstić information content (AvgIpc) is 3.45. The summed E-state index contributed by atoms with van der Waals surface area (Å²) in [5, 5.41) is 4.12. The molecule has 5 nitrogen and oxygen atoms in total. The number of fused-ring (bicyclic) bond motifs is 2. The van der Waals surface area contributed by atoms with Crippen LogP contribution in [-0.4, -0.2) is 35.2 Å². The van der Waals surface area contributed by atoms with Gasteiger partial charge in [0.1, 0.15) is 0 Å². The van der Waals surface area contributed by atoms with Crippen LogP contribution in [0.4, 0.5) is 5.69 Å². The number of hydrogen-bond acceptors (Lipinski definition) is 3. The molecule has 33 heavy (non-hydrogen) atoms. The molecule has 0 unspecified atom stereocenters. The Balaban J connectivity index is 1.25. The average molecular weight is 456 g/mol. The number of carbonyl (C=O) groups excluding carboxylic acids is 2. The molecule has 0 aliphatic carbocycles. The second-order valence-electron chi connectivity index (χ2n) is 8.04. The number of aromatic nitrogens is 1. The first-order valence-corrected chi connectivity index (χ1v) is 12.1. The number of anilines is 1. The molecule has 166 valence electrons. The lowest BCUT2D eigenvalue weighted by atomic mass is 10.2. The van der Waals surface area contributed by atoms with E-state index in [-0.39, 0.29) is 11.8 Å². The summed E-state index contributed by atoms with van der Waals surface area (Å²) < 4.78 is 2.15. The first kappa shape index (κ1) is 21.3. The summed E-state index contributed by atoms with van der Waals surface area (Å²) in [6.07, 6.45) is 3.01. The molecule has 0 saturated heterocycles. The highest BCUT2D eigenvalue weighted by molar-refractivity contribution is 8.00.